The van der Waals surface area contributed by atoms with Crippen LogP contribution >= 0.6 is 0 Å². The van der Waals surface area contributed by atoms with Gasteiger partial charge in [-0.1, -0.05) is 0 Å². The largest absolute Gasteiger partial charge is 0.481 e. The number of carboxylic acid groups (broad SMARTS) is 1. The second-order valence-electron chi connectivity index (χ2n) is 5.03. The number of carbonyl (C=O) groups excluding carboxylic acids is 2. The van der Waals surface area contributed by atoms with Crippen LogP contribution in [-0.2, 0) is 14.3 Å². The molecular weight excluding hydrogens is 278 g/mol. The standard InChI is InChI=1S/C13H23N3O5/c1-21-7-4-14-11(17)9-15-13(20)16-5-2-10(3-6-16)8-12(18)19/h10H,2-9H2,1H3,(H,14,17)(H,15,20)(H,18,19). The molecule has 3 N–H and O–H groups in total. The number of hydrogen-bond donors (Lipinski definition) is 3. The summed E-state index contributed by atoms with van der Waals surface area (Å²) in [6.45, 7) is 1.81. The van der Waals surface area contributed by atoms with Crippen LogP contribution in [0.3, 0.4) is 0 Å². The van der Waals surface area contributed by atoms with Crippen molar-refractivity contribution in [2.45, 2.75) is 19.3 Å². The Bertz CT molecular complexity index is 367. The molecule has 1 aliphatic heterocycles. The van der Waals surface area contributed by atoms with Crippen molar-refractivity contribution >= 4 is 17.9 Å². The molecule has 0 radical (unpaired) electrons. The number of carboxylic acids is 1. The highest BCUT2D eigenvalue weighted by Gasteiger charge is 2.24. The molecule has 1 rings (SSSR count). The number of methoxy groups -OCH3 is 1. The highest BCUT2D eigenvalue weighted by molar-refractivity contribution is 5.83. The summed E-state index contributed by atoms with van der Waals surface area (Å²) in [5, 5.41) is 13.9. The molecule has 3 amide bonds. The first-order valence-corrected chi connectivity index (χ1v) is 7.03. The van der Waals surface area contributed by atoms with Gasteiger partial charge in [0.25, 0.3) is 0 Å². The minimum absolute atomic E-state index is 0.0718. The van der Waals surface area contributed by atoms with Gasteiger partial charge in [-0.2, -0.15) is 0 Å². The first-order chi connectivity index (χ1) is 10.0. The molecule has 1 aliphatic rings. The van der Waals surface area contributed by atoms with Gasteiger partial charge >= 0.3 is 12.0 Å². The van der Waals surface area contributed by atoms with Gasteiger partial charge in [0.15, 0.2) is 0 Å². The van der Waals surface area contributed by atoms with Crippen LogP contribution in [0.5, 0.6) is 0 Å². The number of carbonyl (C=O) groups is 3. The van der Waals surface area contributed by atoms with E-state index in [-0.39, 0.29) is 30.8 Å². The van der Waals surface area contributed by atoms with Gasteiger partial charge in [0.2, 0.25) is 5.91 Å². The quantitative estimate of drug-likeness (QED) is 0.557. The summed E-state index contributed by atoms with van der Waals surface area (Å²) in [5.41, 5.74) is 0. The van der Waals surface area contributed by atoms with E-state index in [9.17, 15) is 14.4 Å². The van der Waals surface area contributed by atoms with Crippen LogP contribution in [0.4, 0.5) is 4.79 Å². The maximum atomic E-state index is 11.9. The molecule has 0 aromatic heterocycles. The highest BCUT2D eigenvalue weighted by atomic mass is 16.5. The summed E-state index contributed by atoms with van der Waals surface area (Å²) in [5.74, 6) is -0.935. The molecule has 1 saturated heterocycles. The predicted molar refractivity (Wildman–Crippen MR) is 74.8 cm³/mol. The molecular formula is C13H23N3O5. The molecule has 0 bridgehead atoms. The highest BCUT2D eigenvalue weighted by Crippen LogP contribution is 2.20. The summed E-state index contributed by atoms with van der Waals surface area (Å²) in [7, 11) is 1.54. The molecule has 1 fully saturated rings. The second kappa shape index (κ2) is 9.17. The molecule has 8 nitrogen and oxygen atoms in total. The van der Waals surface area contributed by atoms with Gasteiger partial charge in [0.1, 0.15) is 0 Å². The van der Waals surface area contributed by atoms with E-state index < -0.39 is 5.97 Å². The maximum absolute atomic E-state index is 11.9. The molecule has 0 aliphatic carbocycles. The number of aliphatic carboxylic acids is 1. The second-order valence-corrected chi connectivity index (χ2v) is 5.03. The number of amides is 3. The summed E-state index contributed by atoms with van der Waals surface area (Å²) in [6.07, 6.45) is 1.51. The van der Waals surface area contributed by atoms with E-state index >= 15 is 0 Å². The summed E-state index contributed by atoms with van der Waals surface area (Å²) >= 11 is 0. The van der Waals surface area contributed by atoms with Gasteiger partial charge < -0.3 is 25.4 Å². The number of piperidine rings is 1. The molecule has 0 spiro atoms. The molecule has 0 aromatic rings. The van der Waals surface area contributed by atoms with Crippen molar-refractivity contribution in [3.63, 3.8) is 0 Å². The Kier molecular flexibility index (Phi) is 7.52. The Labute approximate surface area is 123 Å². The van der Waals surface area contributed by atoms with Gasteiger partial charge in [-0.05, 0) is 18.8 Å². The zero-order valence-corrected chi connectivity index (χ0v) is 12.3. The number of urea groups is 1. The van der Waals surface area contributed by atoms with Crippen molar-refractivity contribution in [3.05, 3.63) is 0 Å². The van der Waals surface area contributed by atoms with Crippen molar-refractivity contribution in [2.24, 2.45) is 5.92 Å². The van der Waals surface area contributed by atoms with Crippen LogP contribution in [0, 0.1) is 5.92 Å². The number of likely N-dealkylation sites (tertiary alicyclic amines) is 1. The van der Waals surface area contributed by atoms with Crippen LogP contribution in [0.15, 0.2) is 0 Å². The number of nitrogens with zero attached hydrogens (tertiary/aromatic N) is 1. The van der Waals surface area contributed by atoms with E-state index in [1.165, 1.54) is 0 Å². The van der Waals surface area contributed by atoms with E-state index in [0.717, 1.165) is 0 Å². The molecule has 1 heterocycles. The van der Waals surface area contributed by atoms with Gasteiger partial charge in [0.05, 0.1) is 13.2 Å². The Morgan fingerprint density at radius 3 is 2.48 bits per heavy atom. The SMILES string of the molecule is COCCNC(=O)CNC(=O)N1CCC(CC(=O)O)CC1. The lowest BCUT2D eigenvalue weighted by atomic mass is 9.94. The first-order valence-electron chi connectivity index (χ1n) is 7.03. The summed E-state index contributed by atoms with van der Waals surface area (Å²) < 4.78 is 4.80. The molecule has 0 unspecified atom stereocenters. The lowest BCUT2D eigenvalue weighted by molar-refractivity contribution is -0.138. The predicted octanol–water partition coefficient (Wildman–Crippen LogP) is -0.355. The van der Waals surface area contributed by atoms with E-state index in [1.807, 2.05) is 0 Å². The lowest BCUT2D eigenvalue weighted by Gasteiger charge is -2.31. The zero-order chi connectivity index (χ0) is 15.7. The third-order valence-electron chi connectivity index (χ3n) is 3.39. The molecule has 21 heavy (non-hydrogen) atoms. The fraction of sp³-hybridized carbons (Fsp3) is 0.769. The number of ether oxygens (including phenoxy) is 1. The van der Waals surface area contributed by atoms with Gasteiger partial charge in [0, 0.05) is 33.2 Å². The average molecular weight is 301 g/mol. The van der Waals surface area contributed by atoms with Crippen LogP contribution in [0.25, 0.3) is 0 Å². The Hall–Kier alpha value is -1.83. The van der Waals surface area contributed by atoms with Crippen molar-refractivity contribution in [1.82, 2.24) is 15.5 Å². The third kappa shape index (κ3) is 6.94. The van der Waals surface area contributed by atoms with Crippen molar-refractivity contribution in [1.29, 1.82) is 0 Å². The third-order valence-corrected chi connectivity index (χ3v) is 3.39. The molecule has 8 heteroatoms. The van der Waals surface area contributed by atoms with E-state index in [1.54, 1.807) is 12.0 Å². The molecule has 0 atom stereocenters. The molecule has 0 saturated carbocycles. The molecule has 120 valence electrons. The van der Waals surface area contributed by atoms with Gasteiger partial charge in [-0.3, -0.25) is 9.59 Å². The Balaban J connectivity index is 2.19. The summed E-state index contributed by atoms with van der Waals surface area (Å²) in [6, 6.07) is -0.286. The van der Waals surface area contributed by atoms with Gasteiger partial charge in [-0.25, -0.2) is 4.79 Å². The van der Waals surface area contributed by atoms with Crippen LogP contribution < -0.4 is 10.6 Å². The lowest BCUT2D eigenvalue weighted by Crippen LogP contribution is -2.47. The van der Waals surface area contributed by atoms with Crippen molar-refractivity contribution in [2.75, 3.05) is 39.9 Å². The van der Waals surface area contributed by atoms with Crippen LogP contribution in [0.2, 0.25) is 0 Å². The zero-order valence-electron chi connectivity index (χ0n) is 12.3. The normalized spacial score (nSPS) is 15.6. The Morgan fingerprint density at radius 2 is 1.90 bits per heavy atom. The smallest absolute Gasteiger partial charge is 0.317 e. The first kappa shape index (κ1) is 17.2. The fourth-order valence-corrected chi connectivity index (χ4v) is 2.21. The minimum atomic E-state index is -0.800. The van der Waals surface area contributed by atoms with Crippen LogP contribution in [0.1, 0.15) is 19.3 Å². The van der Waals surface area contributed by atoms with Crippen LogP contribution in [-0.4, -0.2) is 67.8 Å². The maximum Gasteiger partial charge on any atom is 0.317 e. The average Bonchev–Trinajstić information content (AvgIpc) is 2.45. The fourth-order valence-electron chi connectivity index (χ4n) is 2.21. The Morgan fingerprint density at radius 1 is 1.24 bits per heavy atom. The topological polar surface area (TPSA) is 108 Å². The minimum Gasteiger partial charge on any atom is -0.481 e. The van der Waals surface area contributed by atoms with Crippen molar-refractivity contribution in [3.8, 4) is 0 Å². The number of hydrogen-bond acceptors (Lipinski definition) is 4. The molecule has 0 aromatic carbocycles. The van der Waals surface area contributed by atoms with E-state index in [2.05, 4.69) is 10.6 Å². The van der Waals surface area contributed by atoms with E-state index in [0.29, 0.717) is 39.1 Å². The monoisotopic (exact) mass is 301 g/mol. The van der Waals surface area contributed by atoms with Gasteiger partial charge in [-0.15, -0.1) is 0 Å². The van der Waals surface area contributed by atoms with Crippen molar-refractivity contribution < 1.29 is 24.2 Å². The van der Waals surface area contributed by atoms with E-state index in [4.69, 9.17) is 9.84 Å². The number of rotatable bonds is 7. The summed E-state index contributed by atoms with van der Waals surface area (Å²) in [4.78, 5) is 35.5. The number of nitrogens with one attached hydrogen (secondary N) is 2.